The lowest BCUT2D eigenvalue weighted by Crippen LogP contribution is -2.51. The highest BCUT2D eigenvalue weighted by Crippen LogP contribution is 2.33. The number of piperidine rings is 3. The smallest absolute Gasteiger partial charge is 0.152 e. The maximum absolute atomic E-state index is 6.05. The van der Waals surface area contributed by atoms with Crippen LogP contribution in [0.5, 0.6) is 5.75 Å². The Morgan fingerprint density at radius 3 is 2.38 bits per heavy atom. The van der Waals surface area contributed by atoms with E-state index in [-0.39, 0.29) is 0 Å². The van der Waals surface area contributed by atoms with Gasteiger partial charge in [0.1, 0.15) is 5.75 Å². The summed E-state index contributed by atoms with van der Waals surface area (Å²) in [5, 5.41) is 0. The summed E-state index contributed by atoms with van der Waals surface area (Å²) in [5.41, 5.74) is 0. The average Bonchev–Trinajstić information content (AvgIpc) is 2.34. The number of ether oxygens (including phenoxy) is 1. The highest BCUT2D eigenvalue weighted by molar-refractivity contribution is 9.10. The summed E-state index contributed by atoms with van der Waals surface area (Å²) in [6.45, 7) is 2.43. The van der Waals surface area contributed by atoms with E-state index in [0.717, 1.165) is 16.1 Å². The minimum Gasteiger partial charge on any atom is -0.475 e. The molecule has 3 aliphatic heterocycles. The van der Waals surface area contributed by atoms with Crippen LogP contribution in [0.2, 0.25) is 0 Å². The van der Waals surface area contributed by atoms with Gasteiger partial charge in [-0.05, 0) is 43.0 Å². The molecule has 0 spiro atoms. The molecule has 0 N–H and O–H groups in total. The molecule has 0 radical (unpaired) electrons. The van der Waals surface area contributed by atoms with Crippen molar-refractivity contribution in [1.82, 2.24) is 4.90 Å². The van der Waals surface area contributed by atoms with Crippen molar-refractivity contribution >= 4 is 15.9 Å². The lowest BCUT2D eigenvalue weighted by atomic mass is 9.87. The summed E-state index contributed by atoms with van der Waals surface area (Å²) in [5.74, 6) is 1.88. The van der Waals surface area contributed by atoms with Crippen molar-refractivity contribution in [1.29, 1.82) is 0 Å². The second-order valence-corrected chi connectivity index (χ2v) is 5.66. The Morgan fingerprint density at radius 2 is 1.81 bits per heavy atom. The van der Waals surface area contributed by atoms with Gasteiger partial charge in [-0.3, -0.25) is 4.90 Å². The summed E-state index contributed by atoms with van der Waals surface area (Å²) in [7, 11) is 0. The predicted molar refractivity (Wildman–Crippen MR) is 67.5 cm³/mol. The molecule has 3 aliphatic rings. The van der Waals surface area contributed by atoms with Crippen LogP contribution in [0.25, 0.3) is 0 Å². The second kappa shape index (κ2) is 4.38. The first kappa shape index (κ1) is 10.6. The zero-order valence-electron chi connectivity index (χ0n) is 9.23. The fourth-order valence-electron chi connectivity index (χ4n) is 2.70. The van der Waals surface area contributed by atoms with Crippen LogP contribution in [0.15, 0.2) is 28.7 Å². The molecule has 0 saturated carbocycles. The molecule has 16 heavy (non-hydrogen) atoms. The molecule has 1 aromatic carbocycles. The van der Waals surface area contributed by atoms with E-state index in [1.54, 1.807) is 0 Å². The van der Waals surface area contributed by atoms with Gasteiger partial charge in [-0.2, -0.15) is 0 Å². The SMILES string of the molecule is Brc1ccc(OC2CC3CCN2CC3)cc1. The molecule has 0 amide bonds. The molecule has 1 aromatic rings. The van der Waals surface area contributed by atoms with E-state index in [1.807, 2.05) is 24.3 Å². The topological polar surface area (TPSA) is 12.5 Å². The number of fused-ring (bicyclic) bond motifs is 3. The summed E-state index contributed by atoms with van der Waals surface area (Å²) in [4.78, 5) is 2.47. The van der Waals surface area contributed by atoms with Crippen LogP contribution >= 0.6 is 15.9 Å². The molecule has 0 aliphatic carbocycles. The van der Waals surface area contributed by atoms with E-state index in [1.165, 1.54) is 32.4 Å². The van der Waals surface area contributed by atoms with Crippen LogP contribution in [0.1, 0.15) is 19.3 Å². The normalized spacial score (nSPS) is 32.7. The van der Waals surface area contributed by atoms with E-state index in [4.69, 9.17) is 4.74 Å². The Hall–Kier alpha value is -0.540. The van der Waals surface area contributed by atoms with Crippen LogP contribution in [0, 0.1) is 5.92 Å². The first-order valence-electron chi connectivity index (χ1n) is 5.97. The molecule has 4 rings (SSSR count). The van der Waals surface area contributed by atoms with Crippen molar-refractivity contribution in [2.75, 3.05) is 13.1 Å². The molecule has 3 heterocycles. The minimum absolute atomic E-state index is 0.314. The number of benzene rings is 1. The maximum Gasteiger partial charge on any atom is 0.152 e. The Bertz CT molecular complexity index is 357. The Balaban J connectivity index is 1.68. The van der Waals surface area contributed by atoms with Crippen LogP contribution < -0.4 is 4.74 Å². The summed E-state index contributed by atoms with van der Waals surface area (Å²) in [6.07, 6.45) is 4.24. The molecular weight excluding hydrogens is 266 g/mol. The standard InChI is InChI=1S/C13H16BrNO/c14-11-1-3-12(4-2-11)16-13-9-10-5-7-15(13)8-6-10/h1-4,10,13H,5-9H2. The van der Waals surface area contributed by atoms with Crippen molar-refractivity contribution < 1.29 is 4.74 Å². The highest BCUT2D eigenvalue weighted by Gasteiger charge is 2.34. The summed E-state index contributed by atoms with van der Waals surface area (Å²) in [6, 6.07) is 8.14. The number of hydrogen-bond donors (Lipinski definition) is 0. The molecule has 1 unspecified atom stereocenters. The number of halogens is 1. The maximum atomic E-state index is 6.05. The molecule has 1 atom stereocenters. The molecule has 0 aromatic heterocycles. The van der Waals surface area contributed by atoms with Gasteiger partial charge in [0.15, 0.2) is 6.23 Å². The third-order valence-corrected chi connectivity index (χ3v) is 4.21. The van der Waals surface area contributed by atoms with E-state index >= 15 is 0 Å². The van der Waals surface area contributed by atoms with E-state index in [2.05, 4.69) is 20.8 Å². The highest BCUT2D eigenvalue weighted by atomic mass is 79.9. The predicted octanol–water partition coefficient (Wildman–Crippen LogP) is 3.27. The minimum atomic E-state index is 0.314. The Labute approximate surface area is 105 Å². The quantitative estimate of drug-likeness (QED) is 0.825. The molecule has 3 fully saturated rings. The fraction of sp³-hybridized carbons (Fsp3) is 0.538. The third-order valence-electron chi connectivity index (χ3n) is 3.68. The number of rotatable bonds is 2. The summed E-state index contributed by atoms with van der Waals surface area (Å²) < 4.78 is 7.15. The molecule has 2 nitrogen and oxygen atoms in total. The molecule has 3 heteroatoms. The van der Waals surface area contributed by atoms with Gasteiger partial charge >= 0.3 is 0 Å². The van der Waals surface area contributed by atoms with Gasteiger partial charge in [0.05, 0.1) is 0 Å². The molecule has 86 valence electrons. The monoisotopic (exact) mass is 281 g/mol. The zero-order valence-corrected chi connectivity index (χ0v) is 10.8. The lowest BCUT2D eigenvalue weighted by molar-refractivity contribution is -0.0605. The lowest BCUT2D eigenvalue weighted by Gasteiger charge is -2.44. The third kappa shape index (κ3) is 2.11. The van der Waals surface area contributed by atoms with Gasteiger partial charge in [-0.25, -0.2) is 0 Å². The zero-order chi connectivity index (χ0) is 11.0. The molecule has 3 saturated heterocycles. The first-order chi connectivity index (χ1) is 7.81. The van der Waals surface area contributed by atoms with Crippen molar-refractivity contribution in [3.63, 3.8) is 0 Å². The Kier molecular flexibility index (Phi) is 2.90. The average molecular weight is 282 g/mol. The first-order valence-corrected chi connectivity index (χ1v) is 6.77. The van der Waals surface area contributed by atoms with Crippen molar-refractivity contribution in [3.8, 4) is 5.75 Å². The van der Waals surface area contributed by atoms with Crippen LogP contribution in [-0.2, 0) is 0 Å². The van der Waals surface area contributed by atoms with Crippen LogP contribution in [0.3, 0.4) is 0 Å². The van der Waals surface area contributed by atoms with E-state index < -0.39 is 0 Å². The van der Waals surface area contributed by atoms with E-state index in [9.17, 15) is 0 Å². The van der Waals surface area contributed by atoms with Crippen LogP contribution in [0.4, 0.5) is 0 Å². The van der Waals surface area contributed by atoms with Gasteiger partial charge in [0, 0.05) is 24.0 Å². The van der Waals surface area contributed by atoms with Gasteiger partial charge in [0.25, 0.3) is 0 Å². The second-order valence-electron chi connectivity index (χ2n) is 4.74. The van der Waals surface area contributed by atoms with Gasteiger partial charge in [0.2, 0.25) is 0 Å². The van der Waals surface area contributed by atoms with E-state index in [0.29, 0.717) is 6.23 Å². The van der Waals surface area contributed by atoms with Gasteiger partial charge < -0.3 is 4.74 Å². The van der Waals surface area contributed by atoms with Crippen LogP contribution in [-0.4, -0.2) is 24.2 Å². The largest absolute Gasteiger partial charge is 0.475 e. The number of nitrogens with zero attached hydrogens (tertiary/aromatic N) is 1. The molecular formula is C13H16BrNO. The van der Waals surface area contributed by atoms with Crippen molar-refractivity contribution in [2.45, 2.75) is 25.5 Å². The van der Waals surface area contributed by atoms with Gasteiger partial charge in [-0.1, -0.05) is 15.9 Å². The Morgan fingerprint density at radius 1 is 1.12 bits per heavy atom. The van der Waals surface area contributed by atoms with Crippen molar-refractivity contribution in [2.24, 2.45) is 5.92 Å². The molecule has 2 bridgehead atoms. The number of hydrogen-bond acceptors (Lipinski definition) is 2. The van der Waals surface area contributed by atoms with Gasteiger partial charge in [-0.15, -0.1) is 0 Å². The summed E-state index contributed by atoms with van der Waals surface area (Å²) >= 11 is 3.44. The van der Waals surface area contributed by atoms with Crippen molar-refractivity contribution in [3.05, 3.63) is 28.7 Å². The fourth-order valence-corrected chi connectivity index (χ4v) is 2.97.